The van der Waals surface area contributed by atoms with E-state index in [2.05, 4.69) is 10.2 Å². The third-order valence-electron chi connectivity index (χ3n) is 2.42. The summed E-state index contributed by atoms with van der Waals surface area (Å²) < 4.78 is 0. The summed E-state index contributed by atoms with van der Waals surface area (Å²) in [6, 6.07) is 0. The Morgan fingerprint density at radius 3 is 2.38 bits per heavy atom. The van der Waals surface area contributed by atoms with Crippen LogP contribution in [0, 0.1) is 0 Å². The van der Waals surface area contributed by atoms with Crippen molar-refractivity contribution in [1.82, 2.24) is 10.2 Å². The van der Waals surface area contributed by atoms with Crippen LogP contribution in [0.5, 0.6) is 0 Å². The van der Waals surface area contributed by atoms with Gasteiger partial charge < -0.3 is 10.2 Å². The number of nitrogens with zero attached hydrogens (tertiary/aromatic N) is 1. The van der Waals surface area contributed by atoms with E-state index in [0.29, 0.717) is 6.42 Å². The molecule has 1 aromatic rings. The van der Waals surface area contributed by atoms with E-state index in [4.69, 9.17) is 0 Å². The minimum absolute atomic E-state index is 0.382. The number of rotatable bonds is 3. The molecule has 0 bridgehead atoms. The van der Waals surface area contributed by atoms with E-state index in [1.807, 2.05) is 0 Å². The maximum absolute atomic E-state index is 9.93. The second kappa shape index (κ2) is 3.12. The molecule has 0 radical (unpaired) electrons. The first-order chi connectivity index (χ1) is 5.83. The van der Waals surface area contributed by atoms with E-state index in [1.165, 1.54) is 0 Å². The number of nitrogens with one attached hydrogen (secondary N) is 1. The summed E-state index contributed by atoms with van der Waals surface area (Å²) in [7, 11) is 0. The lowest BCUT2D eigenvalue weighted by Gasteiger charge is -2.35. The molecule has 0 aromatic carbocycles. The molecule has 3 N–H and O–H groups in total. The number of aliphatic hydroxyl groups is 2. The standard InChI is InChI=1S/C9H16N2O2/c1-8(2,12)9(3,13)4-7-5-10-11-6-7/h5-6,12-13H,4H2,1-3H3,(H,10,11). The highest BCUT2D eigenvalue weighted by Gasteiger charge is 2.37. The highest BCUT2D eigenvalue weighted by Crippen LogP contribution is 2.24. The summed E-state index contributed by atoms with van der Waals surface area (Å²) in [5.41, 5.74) is -1.38. The van der Waals surface area contributed by atoms with Gasteiger partial charge in [-0.2, -0.15) is 5.10 Å². The number of H-pyrrole nitrogens is 1. The first-order valence-corrected chi connectivity index (χ1v) is 4.25. The molecule has 0 saturated carbocycles. The van der Waals surface area contributed by atoms with Crippen molar-refractivity contribution in [3.63, 3.8) is 0 Å². The van der Waals surface area contributed by atoms with Gasteiger partial charge in [0.25, 0.3) is 0 Å². The molecule has 1 atom stereocenters. The molecule has 1 unspecified atom stereocenters. The largest absolute Gasteiger partial charge is 0.387 e. The van der Waals surface area contributed by atoms with Crippen LogP contribution in [0.4, 0.5) is 0 Å². The molecular weight excluding hydrogens is 168 g/mol. The van der Waals surface area contributed by atoms with Gasteiger partial charge >= 0.3 is 0 Å². The van der Waals surface area contributed by atoms with E-state index in [-0.39, 0.29) is 0 Å². The molecule has 4 nitrogen and oxygen atoms in total. The predicted molar refractivity (Wildman–Crippen MR) is 49.2 cm³/mol. The fourth-order valence-electron chi connectivity index (χ4n) is 0.988. The zero-order valence-electron chi connectivity index (χ0n) is 8.20. The Morgan fingerprint density at radius 2 is 2.00 bits per heavy atom. The molecule has 1 rings (SSSR count). The van der Waals surface area contributed by atoms with E-state index in [1.54, 1.807) is 33.2 Å². The lowest BCUT2D eigenvalue weighted by molar-refractivity contribution is -0.118. The molecule has 0 aliphatic carbocycles. The van der Waals surface area contributed by atoms with Crippen molar-refractivity contribution in [2.45, 2.75) is 38.4 Å². The SMILES string of the molecule is CC(C)(O)C(C)(O)Cc1cn[nH]c1. The minimum atomic E-state index is -1.14. The quantitative estimate of drug-likeness (QED) is 0.639. The molecule has 4 heteroatoms. The Kier molecular flexibility index (Phi) is 2.45. The van der Waals surface area contributed by atoms with Crippen LogP contribution in [-0.2, 0) is 6.42 Å². The first kappa shape index (κ1) is 10.2. The van der Waals surface area contributed by atoms with Crippen LogP contribution in [0.3, 0.4) is 0 Å². The van der Waals surface area contributed by atoms with Crippen molar-refractivity contribution in [2.24, 2.45) is 0 Å². The van der Waals surface area contributed by atoms with Gasteiger partial charge in [0.2, 0.25) is 0 Å². The smallest absolute Gasteiger partial charge is 0.0941 e. The Labute approximate surface area is 77.6 Å². The second-order valence-electron chi connectivity index (χ2n) is 4.12. The second-order valence-corrected chi connectivity index (χ2v) is 4.12. The van der Waals surface area contributed by atoms with Crippen LogP contribution in [0.1, 0.15) is 26.3 Å². The van der Waals surface area contributed by atoms with Gasteiger partial charge in [-0.15, -0.1) is 0 Å². The van der Waals surface area contributed by atoms with E-state index in [0.717, 1.165) is 5.56 Å². The van der Waals surface area contributed by atoms with Gasteiger partial charge in [-0.1, -0.05) is 0 Å². The van der Waals surface area contributed by atoms with Crippen molar-refractivity contribution >= 4 is 0 Å². The topological polar surface area (TPSA) is 69.1 Å². The summed E-state index contributed by atoms with van der Waals surface area (Å²) in [6.45, 7) is 4.79. The van der Waals surface area contributed by atoms with E-state index >= 15 is 0 Å². The summed E-state index contributed by atoms with van der Waals surface area (Å²) in [5, 5.41) is 26.0. The monoisotopic (exact) mass is 184 g/mol. The normalized spacial score (nSPS) is 17.0. The zero-order valence-corrected chi connectivity index (χ0v) is 8.20. The number of aromatic amines is 1. The third kappa shape index (κ3) is 2.29. The molecule has 0 aliphatic rings. The molecule has 74 valence electrons. The highest BCUT2D eigenvalue weighted by molar-refractivity contribution is 5.09. The summed E-state index contributed by atoms with van der Waals surface area (Å²) in [6.07, 6.45) is 3.73. The van der Waals surface area contributed by atoms with Gasteiger partial charge in [-0.05, 0) is 26.3 Å². The number of aromatic nitrogens is 2. The Bertz CT molecular complexity index is 260. The maximum Gasteiger partial charge on any atom is 0.0941 e. The fourth-order valence-corrected chi connectivity index (χ4v) is 0.988. The molecule has 0 fully saturated rings. The predicted octanol–water partition coefficient (Wildman–Crippen LogP) is 0.474. The molecule has 0 aliphatic heterocycles. The van der Waals surface area contributed by atoms with Crippen molar-refractivity contribution < 1.29 is 10.2 Å². The Balaban J connectivity index is 2.73. The molecule has 1 heterocycles. The fraction of sp³-hybridized carbons (Fsp3) is 0.667. The Morgan fingerprint density at radius 1 is 1.38 bits per heavy atom. The van der Waals surface area contributed by atoms with Crippen LogP contribution < -0.4 is 0 Å². The zero-order chi connectivity index (χ0) is 10.1. The van der Waals surface area contributed by atoms with Crippen LogP contribution in [0.15, 0.2) is 12.4 Å². The maximum atomic E-state index is 9.93. The number of hydrogen-bond acceptors (Lipinski definition) is 3. The highest BCUT2D eigenvalue weighted by atomic mass is 16.3. The summed E-state index contributed by atoms with van der Waals surface area (Å²) in [4.78, 5) is 0. The van der Waals surface area contributed by atoms with Gasteiger partial charge in [0.15, 0.2) is 0 Å². The molecule has 13 heavy (non-hydrogen) atoms. The minimum Gasteiger partial charge on any atom is -0.387 e. The summed E-state index contributed by atoms with van der Waals surface area (Å²) in [5.74, 6) is 0. The average Bonchev–Trinajstić information content (AvgIpc) is 2.35. The van der Waals surface area contributed by atoms with Crippen LogP contribution in [0.2, 0.25) is 0 Å². The van der Waals surface area contributed by atoms with Crippen molar-refractivity contribution in [3.05, 3.63) is 18.0 Å². The molecule has 0 spiro atoms. The molecular formula is C9H16N2O2. The van der Waals surface area contributed by atoms with Crippen molar-refractivity contribution in [3.8, 4) is 0 Å². The van der Waals surface area contributed by atoms with E-state index < -0.39 is 11.2 Å². The lowest BCUT2D eigenvalue weighted by Crippen LogP contribution is -2.49. The van der Waals surface area contributed by atoms with Gasteiger partial charge in [-0.25, -0.2) is 0 Å². The Hall–Kier alpha value is -0.870. The van der Waals surface area contributed by atoms with Gasteiger partial charge in [0.05, 0.1) is 17.4 Å². The van der Waals surface area contributed by atoms with Crippen molar-refractivity contribution in [2.75, 3.05) is 0 Å². The van der Waals surface area contributed by atoms with Gasteiger partial charge in [0, 0.05) is 12.6 Å². The molecule has 1 aromatic heterocycles. The van der Waals surface area contributed by atoms with E-state index in [9.17, 15) is 10.2 Å². The van der Waals surface area contributed by atoms with Gasteiger partial charge in [0.1, 0.15) is 0 Å². The third-order valence-corrected chi connectivity index (χ3v) is 2.42. The average molecular weight is 184 g/mol. The van der Waals surface area contributed by atoms with Crippen molar-refractivity contribution in [1.29, 1.82) is 0 Å². The molecule has 0 saturated heterocycles. The van der Waals surface area contributed by atoms with Crippen LogP contribution in [0.25, 0.3) is 0 Å². The number of hydrogen-bond donors (Lipinski definition) is 3. The van der Waals surface area contributed by atoms with Crippen LogP contribution in [-0.4, -0.2) is 31.6 Å². The molecule has 0 amide bonds. The summed E-state index contributed by atoms with van der Waals surface area (Å²) >= 11 is 0. The first-order valence-electron chi connectivity index (χ1n) is 4.25. The van der Waals surface area contributed by atoms with Crippen LogP contribution >= 0.6 is 0 Å². The lowest BCUT2D eigenvalue weighted by atomic mass is 9.83. The van der Waals surface area contributed by atoms with Gasteiger partial charge in [-0.3, -0.25) is 5.10 Å².